The average Bonchev–Trinajstić information content (AvgIpc) is 1.85. The molecule has 0 aromatic heterocycles. The van der Waals surface area contributed by atoms with Crippen molar-refractivity contribution in [3.63, 3.8) is 0 Å². The Morgan fingerprint density at radius 1 is 1.15 bits per heavy atom. The molecular formula is C7H10Na2O4. The fourth-order valence-corrected chi connectivity index (χ4v) is 0.797. The van der Waals surface area contributed by atoms with Gasteiger partial charge in [0.05, 0.1) is 11.9 Å². The number of hydrogen-bond donors (Lipinski definition) is 0. The van der Waals surface area contributed by atoms with Gasteiger partial charge in [-0.1, -0.05) is 20.3 Å². The molecule has 0 aliphatic rings. The van der Waals surface area contributed by atoms with Gasteiger partial charge in [-0.2, -0.15) is 0 Å². The van der Waals surface area contributed by atoms with Crippen molar-refractivity contribution < 1.29 is 78.9 Å². The molecule has 0 aromatic rings. The number of carbonyl (C=O) groups is 2. The van der Waals surface area contributed by atoms with Crippen LogP contribution in [0.4, 0.5) is 0 Å². The van der Waals surface area contributed by atoms with Gasteiger partial charge in [0.1, 0.15) is 0 Å². The van der Waals surface area contributed by atoms with E-state index in [1.54, 1.807) is 6.92 Å². The van der Waals surface area contributed by atoms with E-state index in [0.717, 1.165) is 0 Å². The SMILES string of the molecule is CCC(C)C(C(=O)[O-])C(=O)[O-].[Na+].[Na+]. The molecule has 0 spiro atoms. The van der Waals surface area contributed by atoms with Crippen LogP contribution < -0.4 is 69.3 Å². The zero-order chi connectivity index (χ0) is 9.02. The maximum atomic E-state index is 10.2. The molecule has 0 aliphatic carbocycles. The number of carboxylic acids is 2. The van der Waals surface area contributed by atoms with Gasteiger partial charge in [0.25, 0.3) is 0 Å². The van der Waals surface area contributed by atoms with E-state index in [2.05, 4.69) is 0 Å². The third kappa shape index (κ3) is 6.94. The largest absolute Gasteiger partial charge is 1.00 e. The van der Waals surface area contributed by atoms with E-state index < -0.39 is 23.8 Å². The van der Waals surface area contributed by atoms with Gasteiger partial charge in [0, 0.05) is 5.92 Å². The summed E-state index contributed by atoms with van der Waals surface area (Å²) < 4.78 is 0. The zero-order valence-electron chi connectivity index (χ0n) is 8.49. The second-order valence-electron chi connectivity index (χ2n) is 2.50. The second-order valence-corrected chi connectivity index (χ2v) is 2.50. The first-order chi connectivity index (χ1) is 5.00. The van der Waals surface area contributed by atoms with Crippen LogP contribution in [0, 0.1) is 11.8 Å². The van der Waals surface area contributed by atoms with Crippen LogP contribution in [0.15, 0.2) is 0 Å². The van der Waals surface area contributed by atoms with Crippen molar-refractivity contribution in [3.05, 3.63) is 0 Å². The van der Waals surface area contributed by atoms with E-state index in [9.17, 15) is 19.8 Å². The maximum absolute atomic E-state index is 10.2. The van der Waals surface area contributed by atoms with E-state index in [4.69, 9.17) is 0 Å². The van der Waals surface area contributed by atoms with E-state index in [1.807, 2.05) is 0 Å². The molecule has 6 heteroatoms. The first-order valence-electron chi connectivity index (χ1n) is 3.42. The Balaban J connectivity index is -0.000000500. The topological polar surface area (TPSA) is 80.3 Å². The zero-order valence-corrected chi connectivity index (χ0v) is 12.5. The summed E-state index contributed by atoms with van der Waals surface area (Å²) >= 11 is 0. The molecule has 13 heavy (non-hydrogen) atoms. The number of carboxylic acid groups (broad SMARTS) is 2. The molecule has 0 amide bonds. The Bertz CT molecular complexity index is 158. The van der Waals surface area contributed by atoms with Crippen LogP contribution in [-0.4, -0.2) is 11.9 Å². The van der Waals surface area contributed by atoms with Crippen molar-refractivity contribution in [1.29, 1.82) is 0 Å². The number of hydrogen-bond acceptors (Lipinski definition) is 4. The minimum atomic E-state index is -1.57. The third-order valence-electron chi connectivity index (χ3n) is 1.72. The fourth-order valence-electron chi connectivity index (χ4n) is 0.797. The Morgan fingerprint density at radius 2 is 1.46 bits per heavy atom. The Morgan fingerprint density at radius 3 is 1.54 bits per heavy atom. The summed E-state index contributed by atoms with van der Waals surface area (Å²) in [7, 11) is 0. The quantitative estimate of drug-likeness (QED) is 0.336. The summed E-state index contributed by atoms with van der Waals surface area (Å²) in [5.74, 6) is -5.07. The standard InChI is InChI=1S/C7H12O4.2Na/c1-3-4(2)5(6(8)9)7(10)11;;/h4-5H,3H2,1-2H3,(H,8,9)(H,10,11);;/q;2*+1/p-2. The molecule has 0 radical (unpaired) electrons. The summed E-state index contributed by atoms with van der Waals surface area (Å²) in [5.41, 5.74) is 0. The minimum Gasteiger partial charge on any atom is -0.549 e. The molecule has 0 saturated heterocycles. The molecule has 0 heterocycles. The monoisotopic (exact) mass is 204 g/mol. The molecule has 0 aromatic carbocycles. The van der Waals surface area contributed by atoms with Gasteiger partial charge in [0.2, 0.25) is 0 Å². The predicted octanol–water partition coefficient (Wildman–Crippen LogP) is -7.84. The molecule has 0 fully saturated rings. The first kappa shape index (κ1) is 19.5. The van der Waals surface area contributed by atoms with Crippen LogP contribution in [-0.2, 0) is 9.59 Å². The molecular weight excluding hydrogens is 194 g/mol. The van der Waals surface area contributed by atoms with Crippen molar-refractivity contribution in [2.45, 2.75) is 20.3 Å². The third-order valence-corrected chi connectivity index (χ3v) is 1.72. The fraction of sp³-hybridized carbons (Fsp3) is 0.714. The van der Waals surface area contributed by atoms with Gasteiger partial charge in [0.15, 0.2) is 0 Å². The summed E-state index contributed by atoms with van der Waals surface area (Å²) in [6.45, 7) is 3.25. The van der Waals surface area contributed by atoms with E-state index in [1.165, 1.54) is 6.92 Å². The summed E-state index contributed by atoms with van der Waals surface area (Å²) in [5, 5.41) is 20.4. The molecule has 4 nitrogen and oxygen atoms in total. The molecule has 0 aliphatic heterocycles. The van der Waals surface area contributed by atoms with Gasteiger partial charge in [-0.05, 0) is 5.92 Å². The number of carbonyl (C=O) groups excluding carboxylic acids is 2. The Hall–Kier alpha value is 0.940. The van der Waals surface area contributed by atoms with Gasteiger partial charge < -0.3 is 19.8 Å². The van der Waals surface area contributed by atoms with Crippen LogP contribution in [0.25, 0.3) is 0 Å². The Labute approximate surface area is 122 Å². The average molecular weight is 204 g/mol. The smallest absolute Gasteiger partial charge is 0.549 e. The summed E-state index contributed by atoms with van der Waals surface area (Å²) in [4.78, 5) is 20.4. The van der Waals surface area contributed by atoms with Crippen LogP contribution >= 0.6 is 0 Å². The molecule has 1 atom stereocenters. The predicted molar refractivity (Wildman–Crippen MR) is 33.0 cm³/mol. The number of rotatable bonds is 4. The second kappa shape index (κ2) is 9.49. The van der Waals surface area contributed by atoms with Crippen molar-refractivity contribution in [2.75, 3.05) is 0 Å². The maximum Gasteiger partial charge on any atom is 1.00 e. The molecule has 0 rings (SSSR count). The van der Waals surface area contributed by atoms with Gasteiger partial charge in [-0.3, -0.25) is 0 Å². The Kier molecular flexibility index (Phi) is 14.2. The first-order valence-corrected chi connectivity index (χ1v) is 3.42. The van der Waals surface area contributed by atoms with E-state index in [-0.39, 0.29) is 59.1 Å². The van der Waals surface area contributed by atoms with Crippen LogP contribution in [0.2, 0.25) is 0 Å². The van der Waals surface area contributed by atoms with Crippen molar-refractivity contribution in [2.24, 2.45) is 11.8 Å². The normalized spacial score (nSPS) is 11.0. The van der Waals surface area contributed by atoms with E-state index >= 15 is 0 Å². The van der Waals surface area contributed by atoms with Crippen LogP contribution in [0.1, 0.15) is 20.3 Å². The van der Waals surface area contributed by atoms with Crippen molar-refractivity contribution >= 4 is 11.9 Å². The molecule has 1 unspecified atom stereocenters. The summed E-state index contributed by atoms with van der Waals surface area (Å²) in [6, 6.07) is 0. The van der Waals surface area contributed by atoms with Gasteiger partial charge >= 0.3 is 59.1 Å². The molecule has 0 N–H and O–H groups in total. The van der Waals surface area contributed by atoms with Crippen molar-refractivity contribution in [1.82, 2.24) is 0 Å². The van der Waals surface area contributed by atoms with Gasteiger partial charge in [-0.15, -0.1) is 0 Å². The minimum absolute atomic E-state index is 0. The number of aliphatic carboxylic acids is 2. The van der Waals surface area contributed by atoms with Crippen LogP contribution in [0.5, 0.6) is 0 Å². The van der Waals surface area contributed by atoms with E-state index in [0.29, 0.717) is 6.42 Å². The molecule has 64 valence electrons. The van der Waals surface area contributed by atoms with Crippen LogP contribution in [0.3, 0.4) is 0 Å². The molecule has 0 saturated carbocycles. The summed E-state index contributed by atoms with van der Waals surface area (Å²) in [6.07, 6.45) is 0.479. The molecule has 0 bridgehead atoms. The van der Waals surface area contributed by atoms with Gasteiger partial charge in [-0.25, -0.2) is 0 Å². The van der Waals surface area contributed by atoms with Crippen molar-refractivity contribution in [3.8, 4) is 0 Å².